The van der Waals surface area contributed by atoms with Crippen molar-refractivity contribution in [1.29, 1.82) is 0 Å². The standard InChI is InChI=1S/C16H28BrN3O/c1-6-20(12(2)11-19(3)4)16(10-18)14-9-13(21-5)7-8-15(14)17/h7-9,12,16H,6,10-11,18H2,1-5H3. The van der Waals surface area contributed by atoms with E-state index in [1.54, 1.807) is 7.11 Å². The molecule has 0 radical (unpaired) electrons. The summed E-state index contributed by atoms with van der Waals surface area (Å²) in [6, 6.07) is 6.67. The molecule has 1 aromatic rings. The van der Waals surface area contributed by atoms with Crippen LogP contribution in [0.4, 0.5) is 0 Å². The Hall–Kier alpha value is -0.620. The highest BCUT2D eigenvalue weighted by atomic mass is 79.9. The van der Waals surface area contributed by atoms with Gasteiger partial charge in [-0.3, -0.25) is 4.90 Å². The van der Waals surface area contributed by atoms with Crippen LogP contribution in [0.25, 0.3) is 0 Å². The maximum Gasteiger partial charge on any atom is 0.119 e. The van der Waals surface area contributed by atoms with E-state index >= 15 is 0 Å². The van der Waals surface area contributed by atoms with Crippen molar-refractivity contribution in [2.24, 2.45) is 5.73 Å². The minimum Gasteiger partial charge on any atom is -0.497 e. The lowest BCUT2D eigenvalue weighted by molar-refractivity contribution is 0.130. The van der Waals surface area contributed by atoms with Gasteiger partial charge in [0.15, 0.2) is 0 Å². The molecule has 0 bridgehead atoms. The first-order chi connectivity index (χ1) is 9.94. The van der Waals surface area contributed by atoms with Crippen LogP contribution in [0.1, 0.15) is 25.5 Å². The van der Waals surface area contributed by atoms with Gasteiger partial charge in [0.2, 0.25) is 0 Å². The van der Waals surface area contributed by atoms with Crippen LogP contribution in [0, 0.1) is 0 Å². The molecule has 0 fully saturated rings. The lowest BCUT2D eigenvalue weighted by Gasteiger charge is -2.37. The number of hydrogen-bond acceptors (Lipinski definition) is 4. The first-order valence-electron chi connectivity index (χ1n) is 7.38. The Morgan fingerprint density at radius 3 is 2.48 bits per heavy atom. The van der Waals surface area contributed by atoms with Gasteiger partial charge in [-0.25, -0.2) is 0 Å². The van der Waals surface area contributed by atoms with Gasteiger partial charge in [-0.2, -0.15) is 0 Å². The van der Waals surface area contributed by atoms with Gasteiger partial charge in [0, 0.05) is 29.6 Å². The van der Waals surface area contributed by atoms with Crippen LogP contribution in [0.15, 0.2) is 22.7 Å². The molecule has 120 valence electrons. The van der Waals surface area contributed by atoms with Gasteiger partial charge in [0.25, 0.3) is 0 Å². The van der Waals surface area contributed by atoms with Crippen LogP contribution in [0.2, 0.25) is 0 Å². The summed E-state index contributed by atoms with van der Waals surface area (Å²) in [6.07, 6.45) is 0. The second kappa shape index (κ2) is 8.73. The Kier molecular flexibility index (Phi) is 7.66. The number of methoxy groups -OCH3 is 1. The van der Waals surface area contributed by atoms with Crippen LogP contribution >= 0.6 is 15.9 Å². The van der Waals surface area contributed by atoms with E-state index < -0.39 is 0 Å². The fourth-order valence-corrected chi connectivity index (χ4v) is 3.33. The van der Waals surface area contributed by atoms with E-state index in [9.17, 15) is 0 Å². The van der Waals surface area contributed by atoms with Crippen molar-refractivity contribution in [2.75, 3.05) is 40.8 Å². The predicted molar refractivity (Wildman–Crippen MR) is 92.9 cm³/mol. The molecule has 5 heteroatoms. The molecule has 0 heterocycles. The average molecular weight is 358 g/mol. The number of nitrogens with two attached hydrogens (primary N) is 1. The number of likely N-dealkylation sites (N-methyl/N-ethyl adjacent to an activating group) is 2. The summed E-state index contributed by atoms with van der Waals surface area (Å²) < 4.78 is 6.43. The van der Waals surface area contributed by atoms with E-state index in [4.69, 9.17) is 10.5 Å². The molecule has 0 saturated carbocycles. The van der Waals surface area contributed by atoms with Crippen molar-refractivity contribution >= 4 is 15.9 Å². The molecule has 0 spiro atoms. The Balaban J connectivity index is 3.09. The lowest BCUT2D eigenvalue weighted by atomic mass is 10.0. The minimum absolute atomic E-state index is 0.175. The molecule has 0 aliphatic rings. The summed E-state index contributed by atoms with van der Waals surface area (Å²) in [7, 11) is 5.89. The number of halogens is 1. The maximum absolute atomic E-state index is 6.09. The zero-order valence-electron chi connectivity index (χ0n) is 13.8. The number of rotatable bonds is 8. The van der Waals surface area contributed by atoms with Gasteiger partial charge in [0.05, 0.1) is 7.11 Å². The van der Waals surface area contributed by atoms with E-state index in [0.717, 1.165) is 23.3 Å². The normalized spacial score (nSPS) is 14.5. The van der Waals surface area contributed by atoms with Crippen molar-refractivity contribution < 1.29 is 4.74 Å². The number of ether oxygens (including phenoxy) is 1. The largest absolute Gasteiger partial charge is 0.497 e. The van der Waals surface area contributed by atoms with Crippen LogP contribution in [-0.2, 0) is 0 Å². The Morgan fingerprint density at radius 1 is 1.33 bits per heavy atom. The second-order valence-electron chi connectivity index (χ2n) is 5.58. The van der Waals surface area contributed by atoms with Crippen molar-refractivity contribution in [3.63, 3.8) is 0 Å². The van der Waals surface area contributed by atoms with Crippen LogP contribution < -0.4 is 10.5 Å². The van der Waals surface area contributed by atoms with Crippen molar-refractivity contribution in [3.8, 4) is 5.75 Å². The number of nitrogens with zero attached hydrogens (tertiary/aromatic N) is 2. The molecule has 4 nitrogen and oxygen atoms in total. The molecule has 2 atom stereocenters. The van der Waals surface area contributed by atoms with E-state index in [1.165, 1.54) is 5.56 Å². The van der Waals surface area contributed by atoms with Gasteiger partial charge in [-0.15, -0.1) is 0 Å². The Labute approximate surface area is 137 Å². The van der Waals surface area contributed by atoms with Gasteiger partial charge in [0.1, 0.15) is 5.75 Å². The van der Waals surface area contributed by atoms with Gasteiger partial charge in [-0.05, 0) is 51.3 Å². The van der Waals surface area contributed by atoms with Gasteiger partial charge in [-0.1, -0.05) is 22.9 Å². The zero-order chi connectivity index (χ0) is 16.0. The predicted octanol–water partition coefficient (Wildman–Crippen LogP) is 2.73. The molecule has 2 N–H and O–H groups in total. The highest BCUT2D eigenvalue weighted by Gasteiger charge is 2.25. The van der Waals surface area contributed by atoms with E-state index in [2.05, 4.69) is 59.7 Å². The zero-order valence-corrected chi connectivity index (χ0v) is 15.4. The van der Waals surface area contributed by atoms with Crippen molar-refractivity contribution in [1.82, 2.24) is 9.80 Å². The molecular weight excluding hydrogens is 330 g/mol. The summed E-state index contributed by atoms with van der Waals surface area (Å²) in [6.45, 7) is 6.98. The fraction of sp³-hybridized carbons (Fsp3) is 0.625. The monoisotopic (exact) mass is 357 g/mol. The Bertz CT molecular complexity index is 440. The number of hydrogen-bond donors (Lipinski definition) is 1. The highest BCUT2D eigenvalue weighted by molar-refractivity contribution is 9.10. The smallest absolute Gasteiger partial charge is 0.119 e. The van der Waals surface area contributed by atoms with Gasteiger partial charge < -0.3 is 15.4 Å². The molecular formula is C16H28BrN3O. The molecule has 21 heavy (non-hydrogen) atoms. The van der Waals surface area contributed by atoms with E-state index in [0.29, 0.717) is 12.6 Å². The minimum atomic E-state index is 0.175. The third-order valence-corrected chi connectivity index (χ3v) is 4.47. The maximum atomic E-state index is 6.09. The summed E-state index contributed by atoms with van der Waals surface area (Å²) >= 11 is 3.65. The first-order valence-corrected chi connectivity index (χ1v) is 8.17. The fourth-order valence-electron chi connectivity index (χ4n) is 2.82. The van der Waals surface area contributed by atoms with Crippen LogP contribution in [0.3, 0.4) is 0 Å². The third-order valence-electron chi connectivity index (χ3n) is 3.75. The summed E-state index contributed by atoms with van der Waals surface area (Å²) in [5.41, 5.74) is 7.28. The molecule has 0 aliphatic heterocycles. The highest BCUT2D eigenvalue weighted by Crippen LogP contribution is 2.31. The molecule has 1 aromatic carbocycles. The topological polar surface area (TPSA) is 41.7 Å². The first kappa shape index (κ1) is 18.4. The second-order valence-corrected chi connectivity index (χ2v) is 6.43. The summed E-state index contributed by atoms with van der Waals surface area (Å²) in [4.78, 5) is 4.65. The Morgan fingerprint density at radius 2 is 2.00 bits per heavy atom. The summed E-state index contributed by atoms with van der Waals surface area (Å²) in [5.74, 6) is 0.864. The average Bonchev–Trinajstić information content (AvgIpc) is 2.44. The molecule has 0 saturated heterocycles. The number of benzene rings is 1. The van der Waals surface area contributed by atoms with E-state index in [-0.39, 0.29) is 6.04 Å². The van der Waals surface area contributed by atoms with Gasteiger partial charge >= 0.3 is 0 Å². The molecule has 0 aliphatic carbocycles. The summed E-state index contributed by atoms with van der Waals surface area (Å²) in [5, 5.41) is 0. The van der Waals surface area contributed by atoms with E-state index in [1.807, 2.05) is 12.1 Å². The van der Waals surface area contributed by atoms with Crippen LogP contribution in [-0.4, -0.2) is 56.7 Å². The van der Waals surface area contributed by atoms with Crippen LogP contribution in [0.5, 0.6) is 5.75 Å². The third kappa shape index (κ3) is 4.95. The lowest BCUT2D eigenvalue weighted by Crippen LogP contribution is -2.44. The van der Waals surface area contributed by atoms with Crippen molar-refractivity contribution in [3.05, 3.63) is 28.2 Å². The quantitative estimate of drug-likeness (QED) is 0.776. The SMILES string of the molecule is CCN(C(C)CN(C)C)C(CN)c1cc(OC)ccc1Br. The molecule has 1 rings (SSSR count). The molecule has 0 amide bonds. The molecule has 2 unspecified atom stereocenters. The van der Waals surface area contributed by atoms with Crippen molar-refractivity contribution in [2.45, 2.75) is 25.9 Å². The molecule has 0 aromatic heterocycles.